The van der Waals surface area contributed by atoms with Gasteiger partial charge in [0, 0.05) is 6.42 Å². The normalized spacial score (nSPS) is 12.4. The number of hydrogen-bond donors (Lipinski definition) is 3. The molecule has 2 amide bonds. The summed E-state index contributed by atoms with van der Waals surface area (Å²) >= 11 is 0. The molecule has 158 valence electrons. The molecule has 1 aromatic heterocycles. The van der Waals surface area contributed by atoms with Crippen molar-refractivity contribution in [3.8, 4) is 0 Å². The van der Waals surface area contributed by atoms with E-state index in [9.17, 15) is 28.0 Å². The number of aryl methyl sites for hydroxylation is 1. The van der Waals surface area contributed by atoms with Gasteiger partial charge < -0.3 is 0 Å². The van der Waals surface area contributed by atoms with Crippen LogP contribution in [0.25, 0.3) is 11.0 Å². The molecule has 3 N–H and O–H groups in total. The second kappa shape index (κ2) is 9.96. The fourth-order valence-corrected chi connectivity index (χ4v) is 2.61. The third-order valence-electron chi connectivity index (χ3n) is 4.07. The standard InChI is InChI=1S/C17H21F3N6O3/c1-11-5-6-13-14(8-11)22-24-16(21-13)25-23-15(28)12(9-26(29)10-27)4-2-3-7-17(18,19)20/h5-6,8,10,12,29H,2-4,7,9H2,1H3,(H,23,28)(H,21,24,25). The molecule has 1 heterocycles. The van der Waals surface area contributed by atoms with Crippen LogP contribution in [0.1, 0.15) is 31.2 Å². The SMILES string of the molecule is Cc1ccc2nc(NNC(=O)C(CCCCC(F)(F)F)CN(O)C=O)nnc2c1. The van der Waals surface area contributed by atoms with Gasteiger partial charge in [-0.2, -0.15) is 13.2 Å². The molecule has 0 spiro atoms. The quantitative estimate of drug-likeness (QED) is 0.236. The lowest BCUT2D eigenvalue weighted by molar-refractivity contribution is -0.154. The predicted octanol–water partition coefficient (Wildman–Crippen LogP) is 2.36. The topological polar surface area (TPSA) is 120 Å². The number of rotatable bonds is 10. The lowest BCUT2D eigenvalue weighted by Gasteiger charge is -2.19. The van der Waals surface area contributed by atoms with Crippen LogP contribution in [0.4, 0.5) is 19.1 Å². The number of benzene rings is 1. The minimum Gasteiger partial charge on any atom is -0.286 e. The highest BCUT2D eigenvalue weighted by molar-refractivity contribution is 5.80. The summed E-state index contributed by atoms with van der Waals surface area (Å²) in [4.78, 5) is 27.1. The van der Waals surface area contributed by atoms with Crippen molar-refractivity contribution in [1.82, 2.24) is 25.7 Å². The number of aromatic nitrogens is 3. The van der Waals surface area contributed by atoms with Crippen LogP contribution < -0.4 is 10.9 Å². The van der Waals surface area contributed by atoms with Gasteiger partial charge in [0.15, 0.2) is 0 Å². The number of carbonyl (C=O) groups excluding carboxylic acids is 2. The Morgan fingerprint density at radius 2 is 2.03 bits per heavy atom. The first-order valence-electron chi connectivity index (χ1n) is 8.82. The van der Waals surface area contributed by atoms with E-state index in [2.05, 4.69) is 26.0 Å². The Morgan fingerprint density at radius 3 is 2.72 bits per heavy atom. The number of anilines is 1. The molecule has 0 aliphatic carbocycles. The highest BCUT2D eigenvalue weighted by atomic mass is 19.4. The van der Waals surface area contributed by atoms with Crippen molar-refractivity contribution in [3.05, 3.63) is 23.8 Å². The Morgan fingerprint density at radius 1 is 1.28 bits per heavy atom. The molecule has 0 bridgehead atoms. The molecule has 0 fully saturated rings. The van der Waals surface area contributed by atoms with E-state index >= 15 is 0 Å². The summed E-state index contributed by atoms with van der Waals surface area (Å²) in [6.45, 7) is 1.53. The van der Waals surface area contributed by atoms with Crippen molar-refractivity contribution in [3.63, 3.8) is 0 Å². The van der Waals surface area contributed by atoms with Gasteiger partial charge in [-0.3, -0.25) is 25.6 Å². The number of hydroxylamine groups is 2. The zero-order valence-electron chi connectivity index (χ0n) is 15.6. The molecule has 2 aromatic rings. The van der Waals surface area contributed by atoms with Gasteiger partial charge in [-0.05, 0) is 37.5 Å². The Kier molecular flexibility index (Phi) is 7.65. The first-order chi connectivity index (χ1) is 13.7. The van der Waals surface area contributed by atoms with Gasteiger partial charge in [0.1, 0.15) is 5.52 Å². The van der Waals surface area contributed by atoms with E-state index in [1.807, 2.05) is 13.0 Å². The maximum absolute atomic E-state index is 12.3. The van der Waals surface area contributed by atoms with Crippen molar-refractivity contribution in [1.29, 1.82) is 0 Å². The highest BCUT2D eigenvalue weighted by Gasteiger charge is 2.27. The molecule has 1 atom stereocenters. The summed E-state index contributed by atoms with van der Waals surface area (Å²) in [7, 11) is 0. The molecule has 0 saturated carbocycles. The van der Waals surface area contributed by atoms with Crippen LogP contribution in [0.2, 0.25) is 0 Å². The number of fused-ring (bicyclic) bond motifs is 1. The largest absolute Gasteiger partial charge is 0.389 e. The number of hydrazine groups is 1. The molecular weight excluding hydrogens is 393 g/mol. The van der Waals surface area contributed by atoms with E-state index in [1.165, 1.54) is 0 Å². The van der Waals surface area contributed by atoms with E-state index < -0.39 is 24.4 Å². The van der Waals surface area contributed by atoms with Gasteiger partial charge in [0.25, 0.3) is 5.95 Å². The molecule has 1 unspecified atom stereocenters. The molecule has 0 radical (unpaired) electrons. The number of hydrogen-bond acceptors (Lipinski definition) is 7. The summed E-state index contributed by atoms with van der Waals surface area (Å²) in [6, 6.07) is 5.37. The number of unbranched alkanes of at least 4 members (excludes halogenated alkanes) is 1. The van der Waals surface area contributed by atoms with Crippen LogP contribution in [-0.4, -0.2) is 50.5 Å². The number of nitrogens with zero attached hydrogens (tertiary/aromatic N) is 4. The summed E-state index contributed by atoms with van der Waals surface area (Å²) in [5.74, 6) is -1.55. The molecule has 12 heteroatoms. The van der Waals surface area contributed by atoms with Crippen molar-refractivity contribution in [2.24, 2.45) is 5.92 Å². The molecule has 0 saturated heterocycles. The van der Waals surface area contributed by atoms with Crippen LogP contribution >= 0.6 is 0 Å². The third kappa shape index (κ3) is 7.49. The first kappa shape index (κ1) is 22.3. The lowest BCUT2D eigenvalue weighted by Crippen LogP contribution is -2.40. The van der Waals surface area contributed by atoms with Crippen LogP contribution in [0, 0.1) is 12.8 Å². The van der Waals surface area contributed by atoms with Crippen molar-refractivity contribution < 1.29 is 28.0 Å². The molecular formula is C17H21F3N6O3. The Labute approximate surface area is 164 Å². The molecule has 0 aliphatic rings. The van der Waals surface area contributed by atoms with Crippen LogP contribution in [0.15, 0.2) is 18.2 Å². The van der Waals surface area contributed by atoms with Gasteiger partial charge >= 0.3 is 6.18 Å². The van der Waals surface area contributed by atoms with E-state index in [4.69, 9.17) is 0 Å². The van der Waals surface area contributed by atoms with Crippen LogP contribution in [0.5, 0.6) is 0 Å². The molecule has 2 rings (SSSR count). The maximum Gasteiger partial charge on any atom is 0.389 e. The zero-order valence-corrected chi connectivity index (χ0v) is 15.6. The third-order valence-corrected chi connectivity index (χ3v) is 4.07. The van der Waals surface area contributed by atoms with E-state index in [0.29, 0.717) is 11.0 Å². The van der Waals surface area contributed by atoms with Crippen molar-refractivity contribution in [2.75, 3.05) is 12.0 Å². The van der Waals surface area contributed by atoms with Crippen molar-refractivity contribution >= 4 is 29.3 Å². The molecule has 9 nitrogen and oxygen atoms in total. The lowest BCUT2D eigenvalue weighted by atomic mass is 10.00. The fourth-order valence-electron chi connectivity index (χ4n) is 2.61. The van der Waals surface area contributed by atoms with Gasteiger partial charge in [-0.15, -0.1) is 10.2 Å². The Bertz CT molecular complexity index is 849. The number of halogens is 3. The molecule has 0 aliphatic heterocycles. The van der Waals surface area contributed by atoms with Crippen molar-refractivity contribution in [2.45, 2.75) is 38.8 Å². The van der Waals surface area contributed by atoms with E-state index in [1.54, 1.807) is 12.1 Å². The maximum atomic E-state index is 12.3. The van der Waals surface area contributed by atoms with Gasteiger partial charge in [-0.25, -0.2) is 10.0 Å². The van der Waals surface area contributed by atoms with E-state index in [0.717, 1.165) is 5.56 Å². The van der Waals surface area contributed by atoms with Gasteiger partial charge in [0.05, 0.1) is 18.0 Å². The van der Waals surface area contributed by atoms with Crippen LogP contribution in [-0.2, 0) is 9.59 Å². The Hall–Kier alpha value is -3.02. The minimum absolute atomic E-state index is 0.0155. The molecule has 1 aromatic carbocycles. The second-order valence-corrected chi connectivity index (χ2v) is 6.53. The van der Waals surface area contributed by atoms with Gasteiger partial charge in [-0.1, -0.05) is 12.5 Å². The highest BCUT2D eigenvalue weighted by Crippen LogP contribution is 2.23. The smallest absolute Gasteiger partial charge is 0.286 e. The van der Waals surface area contributed by atoms with Gasteiger partial charge in [0.2, 0.25) is 12.3 Å². The fraction of sp³-hybridized carbons (Fsp3) is 0.471. The average Bonchev–Trinajstić information content (AvgIpc) is 2.67. The summed E-state index contributed by atoms with van der Waals surface area (Å²) in [5.41, 5.74) is 6.93. The van der Waals surface area contributed by atoms with Crippen LogP contribution in [0.3, 0.4) is 0 Å². The molecule has 29 heavy (non-hydrogen) atoms. The first-order valence-corrected chi connectivity index (χ1v) is 8.82. The number of nitrogens with one attached hydrogen (secondary N) is 2. The average molecular weight is 414 g/mol. The zero-order chi connectivity index (χ0) is 21.4. The summed E-state index contributed by atoms with van der Waals surface area (Å²) in [6.07, 6.45) is -5.15. The predicted molar refractivity (Wildman–Crippen MR) is 96.4 cm³/mol. The number of alkyl halides is 3. The minimum atomic E-state index is -4.27. The summed E-state index contributed by atoms with van der Waals surface area (Å²) in [5, 5.41) is 17.4. The van der Waals surface area contributed by atoms with E-state index in [-0.39, 0.29) is 43.2 Å². The second-order valence-electron chi connectivity index (χ2n) is 6.53. The number of amides is 2. The monoisotopic (exact) mass is 414 g/mol. The summed E-state index contributed by atoms with van der Waals surface area (Å²) < 4.78 is 36.7. The number of carbonyl (C=O) groups is 2. The Balaban J connectivity index is 1.95.